The van der Waals surface area contributed by atoms with E-state index in [4.69, 9.17) is 4.74 Å². The number of fused-ring (bicyclic) bond motifs is 1. The molecule has 3 N–H and O–H groups in total. The fourth-order valence-corrected chi connectivity index (χ4v) is 3.09. The molecule has 0 aromatic heterocycles. The van der Waals surface area contributed by atoms with Crippen molar-refractivity contribution < 1.29 is 29.0 Å². The smallest absolute Gasteiger partial charge is 0.330 e. The van der Waals surface area contributed by atoms with Crippen LogP contribution in [0.1, 0.15) is 39.0 Å². The van der Waals surface area contributed by atoms with Crippen LogP contribution in [0.4, 0.5) is 4.79 Å². The van der Waals surface area contributed by atoms with Crippen LogP contribution in [0.2, 0.25) is 0 Å². The molecule has 2 rings (SSSR count). The van der Waals surface area contributed by atoms with Gasteiger partial charge in [0.05, 0.1) is 6.61 Å². The Morgan fingerprint density at radius 2 is 2.11 bits per heavy atom. The number of carbonyl (C=O) groups excluding carboxylic acids is 3. The van der Waals surface area contributed by atoms with Crippen LogP contribution in [0.5, 0.6) is 0 Å². The van der Waals surface area contributed by atoms with Crippen molar-refractivity contribution in [2.24, 2.45) is 5.92 Å². The Labute approximate surface area is 158 Å². The van der Waals surface area contributed by atoms with E-state index >= 15 is 0 Å². The lowest BCUT2D eigenvalue weighted by Crippen LogP contribution is -2.55. The number of nitrogens with one attached hydrogen (secondary N) is 2. The minimum Gasteiger partial charge on any atom is -0.479 e. The molecule has 0 saturated heterocycles. The summed E-state index contributed by atoms with van der Waals surface area (Å²) in [5.41, 5.74) is -1.34. The Hall–Kier alpha value is -2.58. The minimum absolute atomic E-state index is 0.0547. The maximum atomic E-state index is 12.7. The first-order valence-corrected chi connectivity index (χ1v) is 9.13. The number of carbonyl (C=O) groups is 4. The quantitative estimate of drug-likeness (QED) is 0.485. The first-order chi connectivity index (χ1) is 12.8. The molecule has 3 atom stereocenters. The molecule has 0 spiro atoms. The molecule has 0 aromatic carbocycles. The third kappa shape index (κ3) is 5.45. The molecule has 1 aliphatic heterocycles. The summed E-state index contributed by atoms with van der Waals surface area (Å²) in [5, 5.41) is 14.8. The van der Waals surface area contributed by atoms with Crippen molar-refractivity contribution in [3.63, 3.8) is 0 Å². The first-order valence-electron chi connectivity index (χ1n) is 9.13. The Balaban J connectivity index is 2.16. The van der Waals surface area contributed by atoms with Crippen molar-refractivity contribution in [2.75, 3.05) is 20.2 Å². The molecule has 2 aliphatic rings. The van der Waals surface area contributed by atoms with Gasteiger partial charge in [-0.25, -0.2) is 9.59 Å². The molecular formula is C18H27N3O6. The SMILES string of the molecule is CC(=O)OCC[C@@H]1NC(=O)N(C)CCCCC=C[C@@H]2C[C@@]2(C(=O)O)NC1=O. The van der Waals surface area contributed by atoms with Gasteiger partial charge in [0.2, 0.25) is 5.91 Å². The van der Waals surface area contributed by atoms with Crippen LogP contribution >= 0.6 is 0 Å². The van der Waals surface area contributed by atoms with E-state index in [1.54, 1.807) is 7.05 Å². The summed E-state index contributed by atoms with van der Waals surface area (Å²) in [4.78, 5) is 49.2. The molecule has 3 amide bonds. The lowest BCUT2D eigenvalue weighted by molar-refractivity contribution is -0.144. The van der Waals surface area contributed by atoms with Crippen molar-refractivity contribution in [3.8, 4) is 0 Å². The molecule has 1 saturated carbocycles. The summed E-state index contributed by atoms with van der Waals surface area (Å²) >= 11 is 0. The molecule has 1 fully saturated rings. The van der Waals surface area contributed by atoms with Crippen LogP contribution in [-0.2, 0) is 19.1 Å². The van der Waals surface area contributed by atoms with Gasteiger partial charge in [0.15, 0.2) is 0 Å². The van der Waals surface area contributed by atoms with Gasteiger partial charge in [0.1, 0.15) is 11.6 Å². The Morgan fingerprint density at radius 1 is 1.37 bits per heavy atom. The van der Waals surface area contributed by atoms with E-state index in [9.17, 15) is 24.3 Å². The van der Waals surface area contributed by atoms with Crippen molar-refractivity contribution >= 4 is 23.9 Å². The molecule has 1 aliphatic carbocycles. The van der Waals surface area contributed by atoms with Gasteiger partial charge in [-0.3, -0.25) is 9.59 Å². The number of aliphatic carboxylic acids is 1. The number of esters is 1. The summed E-state index contributed by atoms with van der Waals surface area (Å²) in [7, 11) is 1.63. The second-order valence-electron chi connectivity index (χ2n) is 7.05. The van der Waals surface area contributed by atoms with Crippen LogP contribution in [0.25, 0.3) is 0 Å². The highest BCUT2D eigenvalue weighted by Crippen LogP contribution is 2.45. The van der Waals surface area contributed by atoms with Gasteiger partial charge in [-0.15, -0.1) is 0 Å². The number of nitrogens with zero attached hydrogens (tertiary/aromatic N) is 1. The van der Waals surface area contributed by atoms with E-state index in [1.165, 1.54) is 11.8 Å². The fourth-order valence-electron chi connectivity index (χ4n) is 3.09. The Bertz CT molecular complexity index is 635. The molecule has 0 bridgehead atoms. The molecule has 0 unspecified atom stereocenters. The minimum atomic E-state index is -1.34. The van der Waals surface area contributed by atoms with Crippen LogP contribution in [-0.4, -0.2) is 65.7 Å². The number of hydrogen-bond donors (Lipinski definition) is 3. The molecule has 27 heavy (non-hydrogen) atoms. The molecule has 9 nitrogen and oxygen atoms in total. The maximum Gasteiger partial charge on any atom is 0.330 e. The summed E-state index contributed by atoms with van der Waals surface area (Å²) in [6.45, 7) is 1.74. The van der Waals surface area contributed by atoms with Crippen molar-refractivity contribution in [1.29, 1.82) is 0 Å². The second-order valence-corrected chi connectivity index (χ2v) is 7.05. The van der Waals surface area contributed by atoms with E-state index < -0.39 is 35.5 Å². The number of rotatable bonds is 4. The van der Waals surface area contributed by atoms with Gasteiger partial charge in [-0.1, -0.05) is 12.2 Å². The largest absolute Gasteiger partial charge is 0.479 e. The van der Waals surface area contributed by atoms with E-state index in [-0.39, 0.29) is 18.9 Å². The zero-order valence-corrected chi connectivity index (χ0v) is 15.7. The second kappa shape index (κ2) is 8.88. The zero-order chi connectivity index (χ0) is 20.0. The van der Waals surface area contributed by atoms with Gasteiger partial charge >= 0.3 is 18.0 Å². The number of urea groups is 1. The third-order valence-electron chi connectivity index (χ3n) is 4.90. The monoisotopic (exact) mass is 381 g/mol. The van der Waals surface area contributed by atoms with E-state index in [1.807, 2.05) is 12.2 Å². The molecule has 0 aromatic rings. The number of amides is 3. The van der Waals surface area contributed by atoms with E-state index in [2.05, 4.69) is 10.6 Å². The lowest BCUT2D eigenvalue weighted by Gasteiger charge is -2.25. The highest BCUT2D eigenvalue weighted by atomic mass is 16.5. The van der Waals surface area contributed by atoms with Crippen molar-refractivity contribution in [1.82, 2.24) is 15.5 Å². The summed E-state index contributed by atoms with van der Waals surface area (Å²) in [5.74, 6) is -2.46. The van der Waals surface area contributed by atoms with Crippen molar-refractivity contribution in [3.05, 3.63) is 12.2 Å². The van der Waals surface area contributed by atoms with Crippen molar-refractivity contribution in [2.45, 2.75) is 50.6 Å². The average Bonchev–Trinajstić information content (AvgIpc) is 3.29. The highest BCUT2D eigenvalue weighted by molar-refractivity contribution is 5.94. The van der Waals surface area contributed by atoms with Crippen LogP contribution in [0.15, 0.2) is 12.2 Å². The Kier molecular flexibility index (Phi) is 6.81. The van der Waals surface area contributed by atoms with E-state index in [0.29, 0.717) is 13.0 Å². The van der Waals surface area contributed by atoms with Crippen LogP contribution in [0, 0.1) is 5.92 Å². The fraction of sp³-hybridized carbons (Fsp3) is 0.667. The van der Waals surface area contributed by atoms with Crippen LogP contribution in [0.3, 0.4) is 0 Å². The molecular weight excluding hydrogens is 354 g/mol. The normalized spacial score (nSPS) is 29.0. The zero-order valence-electron chi connectivity index (χ0n) is 15.7. The number of ether oxygens (including phenoxy) is 1. The van der Waals surface area contributed by atoms with Gasteiger partial charge in [0.25, 0.3) is 0 Å². The third-order valence-corrected chi connectivity index (χ3v) is 4.90. The lowest BCUT2D eigenvalue weighted by atomic mass is 10.1. The van der Waals surface area contributed by atoms with Gasteiger partial charge in [-0.2, -0.15) is 0 Å². The molecule has 9 heteroatoms. The summed E-state index contributed by atoms with van der Waals surface area (Å²) in [6, 6.07) is -1.43. The summed E-state index contributed by atoms with van der Waals surface area (Å²) < 4.78 is 4.86. The number of allylic oxidation sites excluding steroid dienone is 1. The highest BCUT2D eigenvalue weighted by Gasteiger charge is 2.60. The average molecular weight is 381 g/mol. The predicted octanol–water partition coefficient (Wildman–Crippen LogP) is 0.649. The Morgan fingerprint density at radius 3 is 2.78 bits per heavy atom. The number of hydrogen-bond acceptors (Lipinski definition) is 5. The predicted molar refractivity (Wildman–Crippen MR) is 95.8 cm³/mol. The standard InChI is InChI=1S/C18H27N3O6/c1-12(22)27-10-8-14-15(23)20-18(16(24)25)11-13(18)7-5-3-4-6-9-21(2)17(26)19-14/h5,7,13-14H,3-4,6,8-11H2,1-2H3,(H,19,26)(H,20,23)(H,24,25)/t13-,14+,18-/m1/s1. The summed E-state index contributed by atoms with van der Waals surface area (Å²) in [6.07, 6.45) is 6.62. The van der Waals surface area contributed by atoms with Gasteiger partial charge in [-0.05, 0) is 25.7 Å². The topological polar surface area (TPSA) is 125 Å². The van der Waals surface area contributed by atoms with Gasteiger partial charge < -0.3 is 25.4 Å². The van der Waals surface area contributed by atoms with Gasteiger partial charge in [0, 0.05) is 32.9 Å². The maximum absolute atomic E-state index is 12.7. The molecule has 0 radical (unpaired) electrons. The number of carboxylic acids is 1. The number of carboxylic acid groups (broad SMARTS) is 1. The molecule has 150 valence electrons. The van der Waals surface area contributed by atoms with E-state index in [0.717, 1.165) is 19.3 Å². The first kappa shape index (κ1) is 20.7. The molecule has 1 heterocycles. The van der Waals surface area contributed by atoms with Crippen LogP contribution < -0.4 is 10.6 Å².